The van der Waals surface area contributed by atoms with Gasteiger partial charge in [0.2, 0.25) is 5.95 Å². The van der Waals surface area contributed by atoms with Crippen LogP contribution in [-0.2, 0) is 17.9 Å². The van der Waals surface area contributed by atoms with Crippen molar-refractivity contribution < 1.29 is 14.3 Å². The number of anilines is 2. The number of nitrogens with zero attached hydrogens (tertiary/aromatic N) is 5. The van der Waals surface area contributed by atoms with Gasteiger partial charge in [0.15, 0.2) is 0 Å². The van der Waals surface area contributed by atoms with Crippen LogP contribution in [0.3, 0.4) is 0 Å². The summed E-state index contributed by atoms with van der Waals surface area (Å²) in [7, 11) is 5.47. The summed E-state index contributed by atoms with van der Waals surface area (Å²) in [6, 6.07) is 14.2. The van der Waals surface area contributed by atoms with Crippen molar-refractivity contribution in [3.05, 3.63) is 59.8 Å². The quantitative estimate of drug-likeness (QED) is 0.532. The standard InChI is InChI=1S/C30H38N6O3/c1-34-10-4-5-26(37)21-36-13-11-35(12-14-36)19-22-15-25(18-27(16-22)38-2)32-30-31-9-8-28(33-30)23-6-7-29(39-3)24(17-23)20-34/h6-9,15-18H,4-5,10-14,19-21H2,1-3H3,(H,31,32,33). The van der Waals surface area contributed by atoms with Crippen LogP contribution in [0.1, 0.15) is 24.0 Å². The van der Waals surface area contributed by atoms with Gasteiger partial charge in [0.1, 0.15) is 17.3 Å². The molecule has 9 heteroatoms. The van der Waals surface area contributed by atoms with Crippen LogP contribution in [0.15, 0.2) is 48.7 Å². The molecule has 4 heterocycles. The summed E-state index contributed by atoms with van der Waals surface area (Å²) in [5, 5.41) is 3.38. The van der Waals surface area contributed by atoms with Crippen molar-refractivity contribution in [1.82, 2.24) is 24.7 Å². The molecule has 3 aliphatic rings. The first-order valence-electron chi connectivity index (χ1n) is 13.6. The summed E-state index contributed by atoms with van der Waals surface area (Å²) in [6.07, 6.45) is 3.22. The molecule has 39 heavy (non-hydrogen) atoms. The Kier molecular flexibility index (Phi) is 8.71. The first kappa shape index (κ1) is 27.1. The summed E-state index contributed by atoms with van der Waals surface area (Å²) >= 11 is 0. The van der Waals surface area contributed by atoms with E-state index in [4.69, 9.17) is 14.5 Å². The Morgan fingerprint density at radius 2 is 1.67 bits per heavy atom. The Labute approximate surface area is 230 Å². The van der Waals surface area contributed by atoms with Gasteiger partial charge in [0.05, 0.1) is 26.5 Å². The van der Waals surface area contributed by atoms with E-state index >= 15 is 0 Å². The molecule has 8 bridgehead atoms. The highest BCUT2D eigenvalue weighted by Crippen LogP contribution is 2.29. The molecule has 0 aliphatic carbocycles. The van der Waals surface area contributed by atoms with Crippen LogP contribution in [0.5, 0.6) is 11.5 Å². The first-order chi connectivity index (χ1) is 19.0. The van der Waals surface area contributed by atoms with Gasteiger partial charge in [-0.25, -0.2) is 9.97 Å². The number of ether oxygens (including phenoxy) is 2. The van der Waals surface area contributed by atoms with Crippen LogP contribution in [0.2, 0.25) is 0 Å². The van der Waals surface area contributed by atoms with Gasteiger partial charge in [0, 0.05) is 74.8 Å². The van der Waals surface area contributed by atoms with Crippen LogP contribution < -0.4 is 14.8 Å². The Morgan fingerprint density at radius 3 is 2.44 bits per heavy atom. The zero-order valence-electron chi connectivity index (χ0n) is 23.2. The third-order valence-electron chi connectivity index (χ3n) is 7.40. The van der Waals surface area contributed by atoms with Crippen LogP contribution in [-0.4, -0.2) is 91.0 Å². The molecule has 0 radical (unpaired) electrons. The first-order valence-corrected chi connectivity index (χ1v) is 13.6. The lowest BCUT2D eigenvalue weighted by atomic mass is 10.1. The van der Waals surface area contributed by atoms with E-state index in [1.165, 1.54) is 0 Å². The number of Topliss-reactive ketones (excluding diaryl/α,β-unsaturated/α-hetero) is 1. The molecular weight excluding hydrogens is 492 g/mol. The van der Waals surface area contributed by atoms with Gasteiger partial charge in [0.25, 0.3) is 0 Å². The van der Waals surface area contributed by atoms with Crippen molar-refractivity contribution in [2.45, 2.75) is 25.9 Å². The van der Waals surface area contributed by atoms with Crippen LogP contribution in [0.25, 0.3) is 11.3 Å². The zero-order valence-corrected chi connectivity index (χ0v) is 23.2. The van der Waals surface area contributed by atoms with Gasteiger partial charge in [-0.05, 0) is 62.0 Å². The Bertz CT molecular complexity index is 1290. The van der Waals surface area contributed by atoms with Crippen LogP contribution in [0.4, 0.5) is 11.6 Å². The lowest BCUT2D eigenvalue weighted by Crippen LogP contribution is -2.47. The van der Waals surface area contributed by atoms with E-state index in [0.717, 1.165) is 91.8 Å². The molecule has 0 saturated carbocycles. The van der Waals surface area contributed by atoms with Crippen molar-refractivity contribution >= 4 is 17.4 Å². The number of piperazine rings is 1. The summed E-state index contributed by atoms with van der Waals surface area (Å²) in [6.45, 7) is 6.58. The molecule has 1 fully saturated rings. The Balaban J connectivity index is 1.46. The average molecular weight is 531 g/mol. The van der Waals surface area contributed by atoms with E-state index < -0.39 is 0 Å². The van der Waals surface area contributed by atoms with Gasteiger partial charge < -0.3 is 19.7 Å². The number of carbonyl (C=O) groups excluding carboxylic acids is 1. The highest BCUT2D eigenvalue weighted by molar-refractivity contribution is 5.80. The monoisotopic (exact) mass is 530 g/mol. The molecule has 3 aromatic rings. The van der Waals surface area contributed by atoms with E-state index in [2.05, 4.69) is 50.2 Å². The minimum Gasteiger partial charge on any atom is -0.497 e. The number of ketones is 1. The van der Waals surface area contributed by atoms with Gasteiger partial charge in [-0.15, -0.1) is 0 Å². The maximum atomic E-state index is 12.7. The second kappa shape index (κ2) is 12.5. The predicted octanol–water partition coefficient (Wildman–Crippen LogP) is 3.82. The summed E-state index contributed by atoms with van der Waals surface area (Å²) in [4.78, 5) is 29.0. The second-order valence-electron chi connectivity index (χ2n) is 10.4. The molecule has 1 aromatic heterocycles. The molecule has 1 saturated heterocycles. The highest BCUT2D eigenvalue weighted by atomic mass is 16.5. The molecule has 206 valence electrons. The van der Waals surface area contributed by atoms with Gasteiger partial charge >= 0.3 is 0 Å². The van der Waals surface area contributed by atoms with E-state index in [-0.39, 0.29) is 0 Å². The third kappa shape index (κ3) is 7.11. The summed E-state index contributed by atoms with van der Waals surface area (Å²) < 4.78 is 11.3. The molecule has 0 spiro atoms. The number of fused-ring (bicyclic) bond motifs is 8. The number of aromatic nitrogens is 2. The third-order valence-corrected chi connectivity index (χ3v) is 7.40. The van der Waals surface area contributed by atoms with E-state index in [1.807, 2.05) is 24.3 Å². The molecular formula is C30H38N6O3. The molecule has 0 amide bonds. The highest BCUT2D eigenvalue weighted by Gasteiger charge is 2.20. The minimum absolute atomic E-state index is 0.321. The zero-order chi connectivity index (χ0) is 27.2. The van der Waals surface area contributed by atoms with Gasteiger partial charge in [-0.2, -0.15) is 0 Å². The van der Waals surface area contributed by atoms with E-state index in [1.54, 1.807) is 20.4 Å². The Morgan fingerprint density at radius 1 is 0.872 bits per heavy atom. The maximum Gasteiger partial charge on any atom is 0.227 e. The number of carbonyl (C=O) groups is 1. The van der Waals surface area contributed by atoms with Crippen molar-refractivity contribution in [3.8, 4) is 22.8 Å². The maximum absolute atomic E-state index is 12.7. The molecule has 0 atom stereocenters. The van der Waals surface area contributed by atoms with E-state index in [0.29, 0.717) is 24.7 Å². The number of hydrogen-bond donors (Lipinski definition) is 1. The molecule has 1 N–H and O–H groups in total. The van der Waals surface area contributed by atoms with Gasteiger partial charge in [-0.3, -0.25) is 14.6 Å². The molecule has 2 aromatic carbocycles. The molecule has 6 rings (SSSR count). The van der Waals surface area contributed by atoms with Crippen molar-refractivity contribution in [3.63, 3.8) is 0 Å². The molecule has 9 nitrogen and oxygen atoms in total. The average Bonchev–Trinajstić information content (AvgIpc) is 2.93. The summed E-state index contributed by atoms with van der Waals surface area (Å²) in [5.41, 5.74) is 4.93. The smallest absolute Gasteiger partial charge is 0.227 e. The predicted molar refractivity (Wildman–Crippen MR) is 153 cm³/mol. The van der Waals surface area contributed by atoms with E-state index in [9.17, 15) is 4.79 Å². The number of methoxy groups -OCH3 is 2. The lowest BCUT2D eigenvalue weighted by Gasteiger charge is -2.34. The van der Waals surface area contributed by atoms with Crippen molar-refractivity contribution in [1.29, 1.82) is 0 Å². The number of nitrogens with one attached hydrogen (secondary N) is 1. The Hall–Kier alpha value is -3.53. The van der Waals surface area contributed by atoms with Gasteiger partial charge in [-0.1, -0.05) is 0 Å². The van der Waals surface area contributed by atoms with Crippen molar-refractivity contribution in [2.75, 3.05) is 65.9 Å². The largest absolute Gasteiger partial charge is 0.497 e. The lowest BCUT2D eigenvalue weighted by molar-refractivity contribution is -0.120. The van der Waals surface area contributed by atoms with Crippen LogP contribution >= 0.6 is 0 Å². The topological polar surface area (TPSA) is 83.1 Å². The second-order valence-corrected chi connectivity index (χ2v) is 10.4. The molecule has 0 unspecified atom stereocenters. The number of rotatable bonds is 2. The minimum atomic E-state index is 0.321. The molecule has 3 aliphatic heterocycles. The fourth-order valence-electron chi connectivity index (χ4n) is 5.32. The van der Waals surface area contributed by atoms with Crippen LogP contribution in [0, 0.1) is 0 Å². The normalized spacial score (nSPS) is 20.8. The fraction of sp³-hybridized carbons (Fsp3) is 0.433. The number of hydrogen-bond acceptors (Lipinski definition) is 9. The summed E-state index contributed by atoms with van der Waals surface area (Å²) in [5.74, 6) is 2.48. The van der Waals surface area contributed by atoms with Crippen molar-refractivity contribution in [2.24, 2.45) is 0 Å². The fourth-order valence-corrected chi connectivity index (χ4v) is 5.32. The SMILES string of the molecule is COc1cc2cc(c1)Nc1nccc(n1)-c1ccc(OC)c(c1)CN(C)CCCC(=O)CN1CCN(CC1)C2. The number of benzene rings is 2.